The van der Waals surface area contributed by atoms with Gasteiger partial charge in [-0.05, 0) is 25.2 Å². The van der Waals surface area contributed by atoms with E-state index in [1.54, 1.807) is 7.11 Å². The van der Waals surface area contributed by atoms with Gasteiger partial charge in [-0.2, -0.15) is 0 Å². The van der Waals surface area contributed by atoms with Gasteiger partial charge in [0.15, 0.2) is 0 Å². The molecule has 1 aliphatic rings. The highest BCUT2D eigenvalue weighted by Gasteiger charge is 2.22. The number of hydrogen-bond donors (Lipinski definition) is 1. The summed E-state index contributed by atoms with van der Waals surface area (Å²) in [6.45, 7) is 1.80. The summed E-state index contributed by atoms with van der Waals surface area (Å²) >= 11 is 5.99. The lowest BCUT2D eigenvalue weighted by Crippen LogP contribution is -2.32. The van der Waals surface area contributed by atoms with E-state index in [1.165, 1.54) is 0 Å². The summed E-state index contributed by atoms with van der Waals surface area (Å²) in [5.74, 6) is 0.472. The van der Waals surface area contributed by atoms with Crippen LogP contribution in [0, 0.1) is 5.92 Å². The molecule has 0 aromatic carbocycles. The topological polar surface area (TPSA) is 47.6 Å². The summed E-state index contributed by atoms with van der Waals surface area (Å²) < 4.78 is 9.91. The van der Waals surface area contributed by atoms with Gasteiger partial charge < -0.3 is 14.8 Å². The van der Waals surface area contributed by atoms with Gasteiger partial charge >= 0.3 is 0 Å². The Balaban J connectivity index is 1.97. The third-order valence-corrected chi connectivity index (χ3v) is 3.13. The highest BCUT2D eigenvalue weighted by atomic mass is 35.5. The van der Waals surface area contributed by atoms with Crippen molar-refractivity contribution in [3.05, 3.63) is 0 Å². The monoisotopic (exact) mass is 249 g/mol. The van der Waals surface area contributed by atoms with E-state index < -0.39 is 0 Å². The van der Waals surface area contributed by atoms with Gasteiger partial charge in [0.05, 0.1) is 13.2 Å². The normalized spacial score (nSPS) is 24.6. The van der Waals surface area contributed by atoms with Crippen LogP contribution in [-0.4, -0.2) is 44.8 Å². The van der Waals surface area contributed by atoms with E-state index >= 15 is 0 Å². The maximum absolute atomic E-state index is 11.3. The van der Waals surface area contributed by atoms with Crippen LogP contribution in [0.1, 0.15) is 19.3 Å². The third-order valence-electron chi connectivity index (χ3n) is 2.73. The smallest absolute Gasteiger partial charge is 0.246 e. The molecule has 1 aliphatic carbocycles. The predicted octanol–water partition coefficient (Wildman–Crippen LogP) is 1.17. The zero-order chi connectivity index (χ0) is 11.8. The summed E-state index contributed by atoms with van der Waals surface area (Å²) in [5.41, 5.74) is 0. The Labute approximate surface area is 102 Å². The van der Waals surface area contributed by atoms with E-state index in [0.29, 0.717) is 24.5 Å². The van der Waals surface area contributed by atoms with Crippen LogP contribution in [0.15, 0.2) is 0 Å². The van der Waals surface area contributed by atoms with E-state index in [2.05, 4.69) is 5.32 Å². The Hall–Kier alpha value is -0.320. The molecule has 1 N–H and O–H groups in total. The summed E-state index contributed by atoms with van der Waals surface area (Å²) in [6.07, 6.45) is 3.18. The van der Waals surface area contributed by atoms with Gasteiger partial charge in [0.2, 0.25) is 5.91 Å². The van der Waals surface area contributed by atoms with Crippen molar-refractivity contribution in [3.8, 4) is 0 Å². The maximum Gasteiger partial charge on any atom is 0.246 e. The fraction of sp³-hybridized carbons (Fsp3) is 0.909. The van der Waals surface area contributed by atoms with Crippen molar-refractivity contribution in [2.24, 2.45) is 5.92 Å². The Morgan fingerprint density at radius 2 is 2.25 bits per heavy atom. The molecule has 94 valence electrons. The molecule has 0 aromatic rings. The minimum absolute atomic E-state index is 0.0610. The van der Waals surface area contributed by atoms with Gasteiger partial charge in [-0.3, -0.25) is 4.79 Å². The molecule has 1 saturated carbocycles. The molecule has 1 amide bonds. The molecule has 16 heavy (non-hydrogen) atoms. The zero-order valence-electron chi connectivity index (χ0n) is 9.71. The van der Waals surface area contributed by atoms with Crippen LogP contribution in [0.5, 0.6) is 0 Å². The number of methoxy groups -OCH3 is 1. The predicted molar refractivity (Wildman–Crippen MR) is 62.7 cm³/mol. The van der Waals surface area contributed by atoms with E-state index in [4.69, 9.17) is 21.1 Å². The third kappa shape index (κ3) is 5.68. The summed E-state index contributed by atoms with van der Waals surface area (Å²) in [5, 5.41) is 3.15. The molecule has 0 bridgehead atoms. The highest BCUT2D eigenvalue weighted by Crippen LogP contribution is 2.28. The number of rotatable bonds is 7. The standard InChI is InChI=1S/C11H20ClNO3/c1-15-4-5-16-8-11(14)13-7-9-2-3-10(12)6-9/h9-10H,2-8H2,1H3,(H,13,14). The van der Waals surface area contributed by atoms with Gasteiger partial charge in [0, 0.05) is 19.0 Å². The first-order valence-corrected chi connectivity index (χ1v) is 6.13. The lowest BCUT2D eigenvalue weighted by Gasteiger charge is -2.10. The van der Waals surface area contributed by atoms with Crippen LogP contribution in [0.3, 0.4) is 0 Å². The average Bonchev–Trinajstić information content (AvgIpc) is 2.68. The van der Waals surface area contributed by atoms with Gasteiger partial charge in [-0.25, -0.2) is 0 Å². The molecular weight excluding hydrogens is 230 g/mol. The van der Waals surface area contributed by atoms with Crippen LogP contribution >= 0.6 is 11.6 Å². The largest absolute Gasteiger partial charge is 0.382 e. The lowest BCUT2D eigenvalue weighted by atomic mass is 10.1. The lowest BCUT2D eigenvalue weighted by molar-refractivity contribution is -0.126. The number of alkyl halides is 1. The maximum atomic E-state index is 11.3. The van der Waals surface area contributed by atoms with Crippen molar-refractivity contribution < 1.29 is 14.3 Å². The molecule has 0 radical (unpaired) electrons. The van der Waals surface area contributed by atoms with Gasteiger partial charge in [-0.15, -0.1) is 11.6 Å². The fourth-order valence-corrected chi connectivity index (χ4v) is 2.19. The highest BCUT2D eigenvalue weighted by molar-refractivity contribution is 6.20. The minimum atomic E-state index is -0.0610. The summed E-state index contributed by atoms with van der Waals surface area (Å²) in [7, 11) is 1.60. The second-order valence-corrected chi connectivity index (χ2v) is 4.74. The van der Waals surface area contributed by atoms with Crippen molar-refractivity contribution in [1.29, 1.82) is 0 Å². The van der Waals surface area contributed by atoms with Crippen molar-refractivity contribution in [3.63, 3.8) is 0 Å². The van der Waals surface area contributed by atoms with Gasteiger partial charge in [0.25, 0.3) is 0 Å². The Morgan fingerprint density at radius 3 is 2.88 bits per heavy atom. The number of carbonyl (C=O) groups is 1. The Bertz CT molecular complexity index is 213. The van der Waals surface area contributed by atoms with Crippen molar-refractivity contribution in [2.75, 3.05) is 33.5 Å². The van der Waals surface area contributed by atoms with Crippen LogP contribution < -0.4 is 5.32 Å². The molecule has 0 saturated heterocycles. The Kier molecular flexibility index (Phi) is 6.76. The van der Waals surface area contributed by atoms with Crippen LogP contribution in [0.4, 0.5) is 0 Å². The quantitative estimate of drug-likeness (QED) is 0.544. The SMILES string of the molecule is COCCOCC(=O)NCC1CCC(Cl)C1. The molecule has 1 rings (SSSR count). The summed E-state index contributed by atoms with van der Waals surface area (Å²) in [6, 6.07) is 0. The zero-order valence-corrected chi connectivity index (χ0v) is 10.5. The van der Waals surface area contributed by atoms with Crippen molar-refractivity contribution in [2.45, 2.75) is 24.6 Å². The van der Waals surface area contributed by atoms with Crippen molar-refractivity contribution in [1.82, 2.24) is 5.32 Å². The molecule has 0 spiro atoms. The van der Waals surface area contributed by atoms with E-state index in [1.807, 2.05) is 0 Å². The minimum Gasteiger partial charge on any atom is -0.382 e. The summed E-state index contributed by atoms with van der Waals surface area (Å²) in [4.78, 5) is 11.3. The fourth-order valence-electron chi connectivity index (χ4n) is 1.82. The number of nitrogens with one attached hydrogen (secondary N) is 1. The number of carbonyl (C=O) groups excluding carboxylic acids is 1. The second kappa shape index (κ2) is 7.87. The first-order valence-electron chi connectivity index (χ1n) is 5.69. The van der Waals surface area contributed by atoms with E-state index in [0.717, 1.165) is 25.8 Å². The number of ether oxygens (including phenoxy) is 2. The van der Waals surface area contributed by atoms with Crippen LogP contribution in [0.25, 0.3) is 0 Å². The van der Waals surface area contributed by atoms with E-state index in [-0.39, 0.29) is 12.5 Å². The Morgan fingerprint density at radius 1 is 1.44 bits per heavy atom. The molecule has 2 atom stereocenters. The first-order chi connectivity index (χ1) is 7.72. The molecule has 0 aromatic heterocycles. The van der Waals surface area contributed by atoms with E-state index in [9.17, 15) is 4.79 Å². The molecule has 2 unspecified atom stereocenters. The number of halogens is 1. The molecule has 0 aliphatic heterocycles. The molecule has 4 nitrogen and oxygen atoms in total. The van der Waals surface area contributed by atoms with Crippen molar-refractivity contribution >= 4 is 17.5 Å². The second-order valence-electron chi connectivity index (χ2n) is 4.13. The molecule has 5 heteroatoms. The molecule has 1 fully saturated rings. The van der Waals surface area contributed by atoms with Crippen LogP contribution in [-0.2, 0) is 14.3 Å². The molecular formula is C11H20ClNO3. The van der Waals surface area contributed by atoms with Gasteiger partial charge in [0.1, 0.15) is 6.61 Å². The van der Waals surface area contributed by atoms with Gasteiger partial charge in [-0.1, -0.05) is 0 Å². The first kappa shape index (κ1) is 13.7. The molecule has 0 heterocycles. The average molecular weight is 250 g/mol. The number of hydrogen-bond acceptors (Lipinski definition) is 3. The number of amides is 1. The van der Waals surface area contributed by atoms with Crippen LogP contribution in [0.2, 0.25) is 0 Å².